The van der Waals surface area contributed by atoms with Gasteiger partial charge in [0.25, 0.3) is 0 Å². The van der Waals surface area contributed by atoms with E-state index in [1.807, 2.05) is 12.1 Å². The molecule has 1 aromatic heterocycles. The summed E-state index contributed by atoms with van der Waals surface area (Å²) in [5.41, 5.74) is 1.41. The monoisotopic (exact) mass is 349 g/mol. The maximum absolute atomic E-state index is 12.3. The number of oxazole rings is 1. The largest absolute Gasteiger partial charge is 0.444 e. The lowest BCUT2D eigenvalue weighted by Crippen LogP contribution is -2.39. The third kappa shape index (κ3) is 4.14. The van der Waals surface area contributed by atoms with E-state index in [0.717, 1.165) is 5.56 Å². The first-order valence-corrected chi connectivity index (χ1v) is 8.25. The van der Waals surface area contributed by atoms with Crippen molar-refractivity contribution >= 4 is 17.5 Å². The molecule has 2 N–H and O–H groups in total. The zero-order valence-electron chi connectivity index (χ0n) is 13.4. The molecule has 128 valence electrons. The van der Waals surface area contributed by atoms with Crippen LogP contribution in [0, 0.1) is 0 Å². The van der Waals surface area contributed by atoms with Crippen LogP contribution in [0.1, 0.15) is 12.1 Å². The molecule has 0 spiro atoms. The quantitative estimate of drug-likeness (QED) is 0.859. The Bertz CT molecular complexity index is 701. The van der Waals surface area contributed by atoms with Crippen molar-refractivity contribution in [3.8, 4) is 11.5 Å². The fourth-order valence-corrected chi connectivity index (χ4v) is 2.90. The second kappa shape index (κ2) is 7.34. The smallest absolute Gasteiger partial charge is 0.228 e. The number of benzene rings is 1. The van der Waals surface area contributed by atoms with E-state index in [1.54, 1.807) is 24.1 Å². The van der Waals surface area contributed by atoms with Crippen LogP contribution >= 0.6 is 11.6 Å². The van der Waals surface area contributed by atoms with Crippen molar-refractivity contribution in [3.63, 3.8) is 0 Å². The van der Waals surface area contributed by atoms with E-state index in [2.05, 4.69) is 10.3 Å². The zero-order chi connectivity index (χ0) is 17.1. The van der Waals surface area contributed by atoms with Gasteiger partial charge in [0, 0.05) is 36.8 Å². The first-order valence-electron chi connectivity index (χ1n) is 7.87. The van der Waals surface area contributed by atoms with Gasteiger partial charge in [-0.1, -0.05) is 11.6 Å². The van der Waals surface area contributed by atoms with Crippen molar-refractivity contribution in [2.75, 3.05) is 20.1 Å². The second-order valence-electron chi connectivity index (χ2n) is 6.10. The minimum absolute atomic E-state index is 0.0332. The Labute approximate surface area is 145 Å². The highest BCUT2D eigenvalue weighted by atomic mass is 35.5. The van der Waals surface area contributed by atoms with Crippen LogP contribution in [0.2, 0.25) is 5.02 Å². The standard InChI is InChI=1S/C17H20ClN3O3/c1-21(9-13-6-15(22)8-19-13)16(23)7-14-10-24-17(20-14)11-2-4-12(18)5-3-11/h2-5,10,13,15,19,22H,6-9H2,1H3/t13-,15+/m0/s1. The Morgan fingerprint density at radius 1 is 1.46 bits per heavy atom. The lowest BCUT2D eigenvalue weighted by Gasteiger charge is -2.20. The fraction of sp³-hybridized carbons (Fsp3) is 0.412. The van der Waals surface area contributed by atoms with Crippen LogP contribution in [0.25, 0.3) is 11.5 Å². The number of aliphatic hydroxyl groups excluding tert-OH is 1. The Morgan fingerprint density at radius 2 is 2.21 bits per heavy atom. The molecular formula is C17H20ClN3O3. The number of hydrogen-bond acceptors (Lipinski definition) is 5. The molecule has 0 radical (unpaired) electrons. The molecule has 1 aromatic carbocycles. The van der Waals surface area contributed by atoms with Crippen LogP contribution in [-0.2, 0) is 11.2 Å². The molecule has 0 bridgehead atoms. The Kier molecular flexibility index (Phi) is 5.18. The Hall–Kier alpha value is -1.89. The third-order valence-corrected chi connectivity index (χ3v) is 4.35. The maximum atomic E-state index is 12.3. The number of likely N-dealkylation sites (N-methyl/N-ethyl adjacent to an activating group) is 1. The summed E-state index contributed by atoms with van der Waals surface area (Å²) in [6, 6.07) is 7.31. The molecule has 1 aliphatic rings. The van der Waals surface area contributed by atoms with E-state index in [9.17, 15) is 9.90 Å². The SMILES string of the molecule is CN(C[C@@H]1C[C@@H](O)CN1)C(=O)Cc1coc(-c2ccc(Cl)cc2)n1. The van der Waals surface area contributed by atoms with Gasteiger partial charge in [-0.15, -0.1) is 0 Å². The average molecular weight is 350 g/mol. The fourth-order valence-electron chi connectivity index (χ4n) is 2.77. The van der Waals surface area contributed by atoms with Gasteiger partial charge in [-0.2, -0.15) is 0 Å². The number of carbonyl (C=O) groups excluding carboxylic acids is 1. The van der Waals surface area contributed by atoms with E-state index in [1.165, 1.54) is 6.26 Å². The lowest BCUT2D eigenvalue weighted by molar-refractivity contribution is -0.129. The zero-order valence-corrected chi connectivity index (χ0v) is 14.2. The summed E-state index contributed by atoms with van der Waals surface area (Å²) in [6.07, 6.45) is 2.04. The lowest BCUT2D eigenvalue weighted by atomic mass is 10.2. The molecule has 2 heterocycles. The number of β-amino-alcohol motifs (C(OH)–C–C–N with tert-alkyl or cyclic N) is 1. The summed E-state index contributed by atoms with van der Waals surface area (Å²) in [6.45, 7) is 1.15. The topological polar surface area (TPSA) is 78.6 Å². The molecule has 1 amide bonds. The van der Waals surface area contributed by atoms with E-state index in [-0.39, 0.29) is 24.5 Å². The number of rotatable bonds is 5. The van der Waals surface area contributed by atoms with Crippen LogP contribution in [0.15, 0.2) is 34.9 Å². The number of hydrogen-bond donors (Lipinski definition) is 2. The van der Waals surface area contributed by atoms with Crippen LogP contribution in [-0.4, -0.2) is 53.2 Å². The molecule has 2 aromatic rings. The van der Waals surface area contributed by atoms with E-state index >= 15 is 0 Å². The molecule has 24 heavy (non-hydrogen) atoms. The Morgan fingerprint density at radius 3 is 2.88 bits per heavy atom. The van der Waals surface area contributed by atoms with E-state index in [0.29, 0.717) is 36.1 Å². The third-order valence-electron chi connectivity index (χ3n) is 4.09. The molecule has 1 fully saturated rings. The summed E-state index contributed by atoms with van der Waals surface area (Å²) in [5, 5.41) is 13.4. The van der Waals surface area contributed by atoms with Crippen molar-refractivity contribution in [2.24, 2.45) is 0 Å². The summed E-state index contributed by atoms with van der Waals surface area (Å²) in [5.74, 6) is 0.437. The molecule has 1 aliphatic heterocycles. The van der Waals surface area contributed by atoms with Gasteiger partial charge >= 0.3 is 0 Å². The number of nitrogens with one attached hydrogen (secondary N) is 1. The minimum atomic E-state index is -0.323. The van der Waals surface area contributed by atoms with Crippen LogP contribution in [0.3, 0.4) is 0 Å². The summed E-state index contributed by atoms with van der Waals surface area (Å²) < 4.78 is 5.45. The van der Waals surface area contributed by atoms with E-state index in [4.69, 9.17) is 16.0 Å². The van der Waals surface area contributed by atoms with Gasteiger partial charge in [-0.3, -0.25) is 4.79 Å². The maximum Gasteiger partial charge on any atom is 0.228 e. The highest BCUT2D eigenvalue weighted by Gasteiger charge is 2.24. The van der Waals surface area contributed by atoms with Gasteiger partial charge in [-0.05, 0) is 30.7 Å². The first kappa shape index (κ1) is 17.0. The van der Waals surface area contributed by atoms with Gasteiger partial charge in [0.15, 0.2) is 0 Å². The molecule has 2 atom stereocenters. The Balaban J connectivity index is 1.57. The number of aliphatic hydroxyl groups is 1. The average Bonchev–Trinajstić information content (AvgIpc) is 3.17. The normalized spacial score (nSPS) is 20.3. The number of halogens is 1. The van der Waals surface area contributed by atoms with Crippen molar-refractivity contribution < 1.29 is 14.3 Å². The van der Waals surface area contributed by atoms with Crippen molar-refractivity contribution in [3.05, 3.63) is 41.2 Å². The number of amides is 1. The van der Waals surface area contributed by atoms with Gasteiger partial charge in [-0.25, -0.2) is 4.98 Å². The van der Waals surface area contributed by atoms with Gasteiger partial charge in [0.2, 0.25) is 11.8 Å². The van der Waals surface area contributed by atoms with Crippen molar-refractivity contribution in [2.45, 2.75) is 25.0 Å². The molecule has 3 rings (SSSR count). The van der Waals surface area contributed by atoms with Gasteiger partial charge in [0.05, 0.1) is 18.2 Å². The molecule has 0 saturated carbocycles. The highest BCUT2D eigenvalue weighted by molar-refractivity contribution is 6.30. The number of aromatic nitrogens is 1. The molecular weight excluding hydrogens is 330 g/mol. The van der Waals surface area contributed by atoms with Gasteiger partial charge < -0.3 is 19.7 Å². The highest BCUT2D eigenvalue weighted by Crippen LogP contribution is 2.21. The van der Waals surface area contributed by atoms with Crippen LogP contribution < -0.4 is 5.32 Å². The predicted molar refractivity (Wildman–Crippen MR) is 90.7 cm³/mol. The number of nitrogens with zero attached hydrogens (tertiary/aromatic N) is 2. The second-order valence-corrected chi connectivity index (χ2v) is 6.53. The molecule has 0 unspecified atom stereocenters. The molecule has 0 aliphatic carbocycles. The number of carbonyl (C=O) groups is 1. The minimum Gasteiger partial charge on any atom is -0.444 e. The summed E-state index contributed by atoms with van der Waals surface area (Å²) >= 11 is 5.86. The molecule has 7 heteroatoms. The summed E-state index contributed by atoms with van der Waals surface area (Å²) in [4.78, 5) is 18.3. The predicted octanol–water partition coefficient (Wildman–Crippen LogP) is 1.72. The van der Waals surface area contributed by atoms with Crippen LogP contribution in [0.4, 0.5) is 0 Å². The van der Waals surface area contributed by atoms with Crippen LogP contribution in [0.5, 0.6) is 0 Å². The van der Waals surface area contributed by atoms with E-state index < -0.39 is 0 Å². The first-order chi connectivity index (χ1) is 11.5. The van der Waals surface area contributed by atoms with Crippen molar-refractivity contribution in [1.82, 2.24) is 15.2 Å². The molecule has 6 nitrogen and oxygen atoms in total. The van der Waals surface area contributed by atoms with Gasteiger partial charge in [0.1, 0.15) is 6.26 Å². The summed E-state index contributed by atoms with van der Waals surface area (Å²) in [7, 11) is 1.76. The van der Waals surface area contributed by atoms with Crippen molar-refractivity contribution in [1.29, 1.82) is 0 Å². The molecule has 1 saturated heterocycles.